The van der Waals surface area contributed by atoms with E-state index in [-0.39, 0.29) is 29.3 Å². The van der Waals surface area contributed by atoms with Crippen molar-refractivity contribution >= 4 is 5.91 Å². The van der Waals surface area contributed by atoms with Crippen LogP contribution in [0.3, 0.4) is 0 Å². The smallest absolute Gasteiger partial charge is 0.272 e. The number of hydrogen-bond acceptors (Lipinski definition) is 4. The Labute approximate surface area is 118 Å². The molecule has 1 amide bonds. The predicted molar refractivity (Wildman–Crippen MR) is 74.7 cm³/mol. The summed E-state index contributed by atoms with van der Waals surface area (Å²) in [6.45, 7) is 5.15. The van der Waals surface area contributed by atoms with Gasteiger partial charge in [0.15, 0.2) is 0 Å². The van der Waals surface area contributed by atoms with E-state index in [0.29, 0.717) is 6.54 Å². The maximum atomic E-state index is 12.1. The van der Waals surface area contributed by atoms with Gasteiger partial charge in [-0.3, -0.25) is 9.59 Å². The minimum Gasteiger partial charge on any atom is -0.376 e. The number of rotatable bonds is 5. The van der Waals surface area contributed by atoms with E-state index in [9.17, 15) is 9.59 Å². The van der Waals surface area contributed by atoms with Crippen molar-refractivity contribution in [3.8, 4) is 0 Å². The molecule has 110 valence electrons. The van der Waals surface area contributed by atoms with Gasteiger partial charge in [0.1, 0.15) is 5.69 Å². The summed E-state index contributed by atoms with van der Waals surface area (Å²) in [6, 6.07) is 2.79. The number of nitrogens with one attached hydrogen (secondary N) is 1. The molecule has 0 aliphatic carbocycles. The zero-order valence-electron chi connectivity index (χ0n) is 12.0. The van der Waals surface area contributed by atoms with Gasteiger partial charge in [-0.2, -0.15) is 5.10 Å². The maximum absolute atomic E-state index is 12.1. The number of amides is 1. The molecule has 0 radical (unpaired) electrons. The second kappa shape index (κ2) is 6.65. The van der Waals surface area contributed by atoms with Gasteiger partial charge in [0.2, 0.25) is 0 Å². The largest absolute Gasteiger partial charge is 0.376 e. The van der Waals surface area contributed by atoms with Crippen LogP contribution in [0, 0.1) is 0 Å². The molecule has 20 heavy (non-hydrogen) atoms. The van der Waals surface area contributed by atoms with Crippen LogP contribution in [0.5, 0.6) is 0 Å². The number of carbonyl (C=O) groups excluding carboxylic acids is 1. The molecule has 2 atom stereocenters. The third-order valence-electron chi connectivity index (χ3n) is 3.42. The minimum atomic E-state index is -0.266. The van der Waals surface area contributed by atoms with Crippen LogP contribution in [-0.4, -0.2) is 34.4 Å². The molecule has 1 saturated heterocycles. The lowest BCUT2D eigenvalue weighted by atomic mass is 10.1. The van der Waals surface area contributed by atoms with Gasteiger partial charge in [-0.15, -0.1) is 0 Å². The zero-order chi connectivity index (χ0) is 14.5. The molecule has 0 unspecified atom stereocenters. The monoisotopic (exact) mass is 279 g/mol. The highest BCUT2D eigenvalue weighted by molar-refractivity contribution is 5.92. The molecule has 1 aliphatic rings. The van der Waals surface area contributed by atoms with Crippen molar-refractivity contribution in [3.63, 3.8) is 0 Å². The van der Waals surface area contributed by atoms with E-state index in [1.165, 1.54) is 16.8 Å². The van der Waals surface area contributed by atoms with E-state index in [0.717, 1.165) is 25.9 Å². The Morgan fingerprint density at radius 3 is 3.05 bits per heavy atom. The van der Waals surface area contributed by atoms with Crippen molar-refractivity contribution < 1.29 is 9.53 Å². The number of carbonyl (C=O) groups is 1. The fourth-order valence-electron chi connectivity index (χ4n) is 2.31. The summed E-state index contributed by atoms with van der Waals surface area (Å²) in [4.78, 5) is 23.7. The second-order valence-corrected chi connectivity index (χ2v) is 5.09. The SMILES string of the molecule is CCCn1nc(C(=O)N[C@@H](C)[C@@H]2CCCO2)ccc1=O. The summed E-state index contributed by atoms with van der Waals surface area (Å²) in [5.74, 6) is -0.266. The van der Waals surface area contributed by atoms with Crippen LogP contribution in [0.4, 0.5) is 0 Å². The van der Waals surface area contributed by atoms with E-state index >= 15 is 0 Å². The summed E-state index contributed by atoms with van der Waals surface area (Å²) in [5.41, 5.74) is 0.0819. The summed E-state index contributed by atoms with van der Waals surface area (Å²) >= 11 is 0. The van der Waals surface area contributed by atoms with Crippen LogP contribution in [0.1, 0.15) is 43.6 Å². The van der Waals surface area contributed by atoms with Crippen molar-refractivity contribution in [1.82, 2.24) is 15.1 Å². The molecule has 1 N–H and O–H groups in total. The zero-order valence-corrected chi connectivity index (χ0v) is 12.0. The predicted octanol–water partition coefficient (Wildman–Crippen LogP) is 0.951. The topological polar surface area (TPSA) is 73.2 Å². The molecular formula is C14H21N3O3. The van der Waals surface area contributed by atoms with Crippen LogP contribution >= 0.6 is 0 Å². The lowest BCUT2D eigenvalue weighted by molar-refractivity contribution is 0.0708. The summed E-state index contributed by atoms with van der Waals surface area (Å²) in [7, 11) is 0. The summed E-state index contributed by atoms with van der Waals surface area (Å²) in [5, 5.41) is 6.98. The third kappa shape index (κ3) is 3.45. The van der Waals surface area contributed by atoms with E-state index in [1.807, 2.05) is 13.8 Å². The van der Waals surface area contributed by atoms with Crippen molar-refractivity contribution in [2.24, 2.45) is 0 Å². The number of ether oxygens (including phenoxy) is 1. The van der Waals surface area contributed by atoms with Crippen molar-refractivity contribution in [2.45, 2.75) is 51.8 Å². The Morgan fingerprint density at radius 1 is 1.60 bits per heavy atom. The molecule has 0 saturated carbocycles. The first-order valence-corrected chi connectivity index (χ1v) is 7.12. The molecule has 6 nitrogen and oxygen atoms in total. The number of aromatic nitrogens is 2. The van der Waals surface area contributed by atoms with E-state index in [1.54, 1.807) is 0 Å². The standard InChI is InChI=1S/C14H21N3O3/c1-3-8-17-13(18)7-6-11(16-17)14(19)15-10(2)12-5-4-9-20-12/h6-7,10,12H,3-5,8-9H2,1-2H3,(H,15,19)/t10-,12-/m0/s1. The van der Waals surface area contributed by atoms with Gasteiger partial charge >= 0.3 is 0 Å². The lowest BCUT2D eigenvalue weighted by Crippen LogP contribution is -2.41. The molecule has 0 aromatic carbocycles. The summed E-state index contributed by atoms with van der Waals surface area (Å²) in [6.07, 6.45) is 2.86. The lowest BCUT2D eigenvalue weighted by Gasteiger charge is -2.19. The van der Waals surface area contributed by atoms with Gasteiger partial charge < -0.3 is 10.1 Å². The first-order chi connectivity index (χ1) is 9.61. The molecular weight excluding hydrogens is 258 g/mol. The van der Waals surface area contributed by atoms with Gasteiger partial charge in [-0.05, 0) is 32.3 Å². The van der Waals surface area contributed by atoms with Crippen LogP contribution in [-0.2, 0) is 11.3 Å². The van der Waals surface area contributed by atoms with Crippen LogP contribution in [0.25, 0.3) is 0 Å². The minimum absolute atomic E-state index is 0.0571. The normalized spacial score (nSPS) is 19.8. The van der Waals surface area contributed by atoms with E-state index in [2.05, 4.69) is 10.4 Å². The Morgan fingerprint density at radius 2 is 2.40 bits per heavy atom. The molecule has 1 fully saturated rings. The first-order valence-electron chi connectivity index (χ1n) is 7.12. The van der Waals surface area contributed by atoms with Gasteiger partial charge in [0, 0.05) is 19.2 Å². The molecule has 6 heteroatoms. The molecule has 1 aromatic heterocycles. The van der Waals surface area contributed by atoms with Gasteiger partial charge in [0.25, 0.3) is 11.5 Å². The van der Waals surface area contributed by atoms with E-state index < -0.39 is 0 Å². The highest BCUT2D eigenvalue weighted by Crippen LogP contribution is 2.15. The highest BCUT2D eigenvalue weighted by Gasteiger charge is 2.24. The average molecular weight is 279 g/mol. The molecule has 1 aliphatic heterocycles. The van der Waals surface area contributed by atoms with Crippen LogP contribution in [0.2, 0.25) is 0 Å². The Balaban J connectivity index is 2.04. The third-order valence-corrected chi connectivity index (χ3v) is 3.42. The molecule has 2 rings (SSSR count). The number of hydrogen-bond donors (Lipinski definition) is 1. The Bertz CT molecular complexity index is 521. The number of nitrogens with zero attached hydrogens (tertiary/aromatic N) is 2. The molecule has 0 bridgehead atoms. The van der Waals surface area contributed by atoms with Crippen molar-refractivity contribution in [3.05, 3.63) is 28.2 Å². The molecule has 1 aromatic rings. The van der Waals surface area contributed by atoms with Gasteiger partial charge in [0.05, 0.1) is 12.1 Å². The van der Waals surface area contributed by atoms with Crippen molar-refractivity contribution in [2.75, 3.05) is 6.61 Å². The quantitative estimate of drug-likeness (QED) is 0.871. The fraction of sp³-hybridized carbons (Fsp3) is 0.643. The maximum Gasteiger partial charge on any atom is 0.272 e. The fourth-order valence-corrected chi connectivity index (χ4v) is 2.31. The molecule has 2 heterocycles. The van der Waals surface area contributed by atoms with Crippen LogP contribution < -0.4 is 10.9 Å². The van der Waals surface area contributed by atoms with E-state index in [4.69, 9.17) is 4.74 Å². The Hall–Kier alpha value is -1.69. The Kier molecular flexibility index (Phi) is 4.89. The van der Waals surface area contributed by atoms with Crippen LogP contribution in [0.15, 0.2) is 16.9 Å². The summed E-state index contributed by atoms with van der Waals surface area (Å²) < 4.78 is 6.87. The highest BCUT2D eigenvalue weighted by atomic mass is 16.5. The van der Waals surface area contributed by atoms with Gasteiger partial charge in [-0.1, -0.05) is 6.92 Å². The second-order valence-electron chi connectivity index (χ2n) is 5.09. The van der Waals surface area contributed by atoms with Gasteiger partial charge in [-0.25, -0.2) is 4.68 Å². The number of aryl methyl sites for hydroxylation is 1. The average Bonchev–Trinajstić information content (AvgIpc) is 2.95. The first kappa shape index (κ1) is 14.7. The van der Waals surface area contributed by atoms with Crippen molar-refractivity contribution in [1.29, 1.82) is 0 Å². The molecule has 0 spiro atoms.